The van der Waals surface area contributed by atoms with E-state index in [1.54, 1.807) is 6.04 Å². The smallest absolute Gasteiger partial charge is 0.0777 e. The molecule has 1 unspecified atom stereocenters. The molecule has 0 aliphatic rings. The molecule has 0 fully saturated rings. The fourth-order valence-electron chi connectivity index (χ4n) is 2.12. The Morgan fingerprint density at radius 2 is 1.46 bits per heavy atom. The molecular weight excluding hydrogens is 191 g/mol. The van der Waals surface area contributed by atoms with Crippen LogP contribution in [0, 0.1) is 0 Å². The van der Waals surface area contributed by atoms with E-state index in [1.165, 1.54) is 26.6 Å². The van der Waals surface area contributed by atoms with Gasteiger partial charge in [0, 0.05) is 0 Å². The van der Waals surface area contributed by atoms with E-state index < -0.39 is 7.74 Å². The van der Waals surface area contributed by atoms with E-state index in [1.807, 2.05) is 0 Å². The van der Waals surface area contributed by atoms with Gasteiger partial charge in [-0.15, -0.1) is 8.13 Å². The largest absolute Gasteiger partial charge is 0.127 e. The minimum absolute atomic E-state index is 0.577. The zero-order valence-corrected chi connectivity index (χ0v) is 12.3. The maximum Gasteiger partial charge on any atom is 0.0777 e. The topological polar surface area (TPSA) is 0 Å². The highest BCUT2D eigenvalue weighted by molar-refractivity contribution is 7.83. The van der Waals surface area contributed by atoms with Crippen molar-refractivity contribution < 1.29 is 0 Å². The van der Waals surface area contributed by atoms with Crippen molar-refractivity contribution in [2.45, 2.75) is 71.3 Å². The molecule has 0 nitrogen and oxygen atoms in total. The van der Waals surface area contributed by atoms with Crippen molar-refractivity contribution in [2.75, 3.05) is 0 Å². The molecule has 0 aliphatic heterocycles. The van der Waals surface area contributed by atoms with Crippen LogP contribution < -0.4 is 0 Å². The van der Waals surface area contributed by atoms with Gasteiger partial charge in [-0.05, 0) is 5.16 Å². The molecule has 0 aromatic rings. The van der Waals surface area contributed by atoms with E-state index in [9.17, 15) is 0 Å². The molecule has 0 N–H and O–H groups in total. The van der Waals surface area contributed by atoms with E-state index >= 15 is 0 Å². The molecule has 0 amide bonds. The summed E-state index contributed by atoms with van der Waals surface area (Å²) in [7, 11) is 0.398. The first-order valence-electron chi connectivity index (χ1n) is 5.68. The first-order chi connectivity index (χ1) is 5.89. The SMILES string of the molecule is CCC[Si](CC)(CC)PC(C)(C)C. The Morgan fingerprint density at radius 1 is 1.00 bits per heavy atom. The van der Waals surface area contributed by atoms with Crippen molar-refractivity contribution >= 4 is 15.9 Å². The third kappa shape index (κ3) is 5.17. The predicted molar refractivity (Wildman–Crippen MR) is 69.9 cm³/mol. The highest BCUT2D eigenvalue weighted by Crippen LogP contribution is 2.47. The van der Waals surface area contributed by atoms with Crippen LogP contribution in [0.3, 0.4) is 0 Å². The van der Waals surface area contributed by atoms with Gasteiger partial charge in [0.1, 0.15) is 0 Å². The summed E-state index contributed by atoms with van der Waals surface area (Å²) in [6.45, 7) is 14.4. The summed E-state index contributed by atoms with van der Waals surface area (Å²) in [6.07, 6.45) is 1.40. The van der Waals surface area contributed by atoms with Crippen molar-refractivity contribution in [2.24, 2.45) is 0 Å². The molecule has 0 aromatic carbocycles. The minimum Gasteiger partial charge on any atom is -0.127 e. The second-order valence-electron chi connectivity index (χ2n) is 5.11. The summed E-state index contributed by atoms with van der Waals surface area (Å²) in [5, 5.41) is 0.577. The van der Waals surface area contributed by atoms with Crippen molar-refractivity contribution in [3.63, 3.8) is 0 Å². The van der Waals surface area contributed by atoms with Crippen LogP contribution >= 0.6 is 8.13 Å². The standard InChI is InChI=1S/C11H27PSi/c1-7-10-13(8-2,9-3)12-11(4,5)6/h12H,7-10H2,1-6H3. The Balaban J connectivity index is 4.38. The van der Waals surface area contributed by atoms with Crippen LogP contribution in [0.2, 0.25) is 18.1 Å². The van der Waals surface area contributed by atoms with E-state index in [0.29, 0.717) is 5.16 Å². The van der Waals surface area contributed by atoms with Crippen LogP contribution in [-0.2, 0) is 0 Å². The van der Waals surface area contributed by atoms with Gasteiger partial charge in [0.15, 0.2) is 0 Å². The zero-order valence-electron chi connectivity index (χ0n) is 10.3. The van der Waals surface area contributed by atoms with Gasteiger partial charge in [0.2, 0.25) is 0 Å². The summed E-state index contributed by atoms with van der Waals surface area (Å²) in [5.41, 5.74) is 0. The molecule has 0 aliphatic carbocycles. The Hall–Kier alpha value is 0.647. The van der Waals surface area contributed by atoms with Crippen LogP contribution in [0.4, 0.5) is 0 Å². The first-order valence-corrected chi connectivity index (χ1v) is 10.3. The molecule has 0 saturated carbocycles. The molecule has 0 spiro atoms. The highest BCUT2D eigenvalue weighted by Gasteiger charge is 2.32. The molecular formula is C11H27PSi. The Kier molecular flexibility index (Phi) is 5.78. The minimum atomic E-state index is -0.851. The van der Waals surface area contributed by atoms with Crippen LogP contribution in [0.15, 0.2) is 0 Å². The second kappa shape index (κ2) is 5.51. The van der Waals surface area contributed by atoms with Crippen molar-refractivity contribution in [3.05, 3.63) is 0 Å². The fourth-order valence-corrected chi connectivity index (χ4v) is 13.3. The third-order valence-electron chi connectivity index (χ3n) is 2.72. The lowest BCUT2D eigenvalue weighted by molar-refractivity contribution is 0.799. The fraction of sp³-hybridized carbons (Fsp3) is 1.00. The monoisotopic (exact) mass is 218 g/mol. The normalized spacial score (nSPS) is 14.3. The molecule has 0 aromatic heterocycles. The lowest BCUT2D eigenvalue weighted by atomic mass is 10.3. The summed E-state index contributed by atoms with van der Waals surface area (Å²) >= 11 is 0. The van der Waals surface area contributed by atoms with Gasteiger partial charge in [-0.25, -0.2) is 0 Å². The molecule has 0 bridgehead atoms. The average molecular weight is 218 g/mol. The summed E-state index contributed by atoms with van der Waals surface area (Å²) in [5.74, 6) is 0. The predicted octanol–water partition coefficient (Wildman–Crippen LogP) is 4.86. The maximum absolute atomic E-state index is 2.42. The van der Waals surface area contributed by atoms with E-state index in [2.05, 4.69) is 41.5 Å². The highest BCUT2D eigenvalue weighted by atomic mass is 31.3. The summed E-state index contributed by atoms with van der Waals surface area (Å²) in [4.78, 5) is 0. The Bertz CT molecular complexity index is 134. The lowest BCUT2D eigenvalue weighted by Gasteiger charge is -2.36. The van der Waals surface area contributed by atoms with Crippen molar-refractivity contribution in [1.29, 1.82) is 0 Å². The van der Waals surface area contributed by atoms with E-state index in [0.717, 1.165) is 0 Å². The first kappa shape index (κ1) is 13.6. The number of rotatable bonds is 5. The van der Waals surface area contributed by atoms with Gasteiger partial charge in [0.05, 0.1) is 7.74 Å². The molecule has 2 heteroatoms. The molecule has 80 valence electrons. The second-order valence-corrected chi connectivity index (χ2v) is 15.3. The molecule has 0 radical (unpaired) electrons. The Morgan fingerprint density at radius 3 is 1.69 bits per heavy atom. The summed E-state index contributed by atoms with van der Waals surface area (Å²) in [6, 6.07) is 4.54. The van der Waals surface area contributed by atoms with Gasteiger partial charge in [-0.1, -0.05) is 66.1 Å². The third-order valence-corrected chi connectivity index (χ3v) is 14.9. The van der Waals surface area contributed by atoms with Gasteiger partial charge in [0.25, 0.3) is 0 Å². The average Bonchev–Trinajstić information content (AvgIpc) is 2.01. The van der Waals surface area contributed by atoms with Gasteiger partial charge >= 0.3 is 0 Å². The molecule has 1 atom stereocenters. The number of hydrogen-bond donors (Lipinski definition) is 0. The molecule has 13 heavy (non-hydrogen) atoms. The zero-order chi connectivity index (χ0) is 10.5. The number of hydrogen-bond acceptors (Lipinski definition) is 0. The lowest BCUT2D eigenvalue weighted by Crippen LogP contribution is -2.31. The van der Waals surface area contributed by atoms with E-state index in [-0.39, 0.29) is 0 Å². The molecule has 0 heterocycles. The van der Waals surface area contributed by atoms with Gasteiger partial charge in [-0.2, -0.15) is 0 Å². The molecule has 0 rings (SSSR count). The summed E-state index contributed by atoms with van der Waals surface area (Å²) < 4.78 is 0. The van der Waals surface area contributed by atoms with E-state index in [4.69, 9.17) is 0 Å². The molecule has 0 saturated heterocycles. The van der Waals surface area contributed by atoms with Crippen molar-refractivity contribution in [3.8, 4) is 0 Å². The van der Waals surface area contributed by atoms with Crippen LogP contribution in [-0.4, -0.2) is 12.9 Å². The Labute approximate surface area is 87.5 Å². The van der Waals surface area contributed by atoms with Gasteiger partial charge in [-0.3, -0.25) is 0 Å². The van der Waals surface area contributed by atoms with Crippen molar-refractivity contribution in [1.82, 2.24) is 0 Å². The van der Waals surface area contributed by atoms with Crippen LogP contribution in [0.5, 0.6) is 0 Å². The maximum atomic E-state index is 2.42. The van der Waals surface area contributed by atoms with Crippen LogP contribution in [0.25, 0.3) is 0 Å². The van der Waals surface area contributed by atoms with Gasteiger partial charge < -0.3 is 0 Å². The quantitative estimate of drug-likeness (QED) is 0.457. The van der Waals surface area contributed by atoms with Crippen LogP contribution in [0.1, 0.15) is 48.0 Å².